The van der Waals surface area contributed by atoms with E-state index in [0.717, 1.165) is 36.4 Å². The fourth-order valence-electron chi connectivity index (χ4n) is 3.20. The van der Waals surface area contributed by atoms with Gasteiger partial charge in [0.15, 0.2) is 0 Å². The van der Waals surface area contributed by atoms with Crippen LogP contribution in [-0.4, -0.2) is 28.6 Å². The van der Waals surface area contributed by atoms with Crippen molar-refractivity contribution in [1.82, 2.24) is 4.90 Å². The molecule has 5 heteroatoms. The minimum absolute atomic E-state index is 0.0534. The van der Waals surface area contributed by atoms with Crippen molar-refractivity contribution in [2.75, 3.05) is 6.54 Å². The number of carboxylic acids is 1. The molecule has 1 aliphatic heterocycles. The number of rotatable bonds is 4. The van der Waals surface area contributed by atoms with Crippen molar-refractivity contribution in [3.8, 4) is 10.4 Å². The Morgan fingerprint density at radius 2 is 2.04 bits per heavy atom. The molecule has 0 radical (unpaired) electrons. The molecule has 1 saturated heterocycles. The molecule has 0 unspecified atom stereocenters. The molecule has 0 aliphatic carbocycles. The van der Waals surface area contributed by atoms with Crippen LogP contribution in [0.1, 0.15) is 24.6 Å². The molecule has 2 atom stereocenters. The van der Waals surface area contributed by atoms with Crippen molar-refractivity contribution >= 4 is 17.3 Å². The summed E-state index contributed by atoms with van der Waals surface area (Å²) in [6, 6.07) is 10.7. The minimum atomic E-state index is -0.694. The van der Waals surface area contributed by atoms with Gasteiger partial charge in [-0.15, -0.1) is 11.3 Å². The number of benzene rings is 1. The van der Waals surface area contributed by atoms with Gasteiger partial charge in [-0.25, -0.2) is 4.39 Å². The first-order valence-corrected chi connectivity index (χ1v) is 8.68. The van der Waals surface area contributed by atoms with E-state index in [9.17, 15) is 14.3 Å². The Morgan fingerprint density at radius 1 is 1.30 bits per heavy atom. The number of aliphatic carboxylic acids is 1. The topological polar surface area (TPSA) is 40.5 Å². The number of likely N-dealkylation sites (tertiary alicyclic amines) is 1. The SMILES string of the molecule is C[C@@H]1[C@H](C(=O)O)CCCN1Cc1ccc(-c2ccc(F)cc2)s1. The number of halogens is 1. The zero-order valence-electron chi connectivity index (χ0n) is 13.0. The van der Waals surface area contributed by atoms with Crippen molar-refractivity contribution in [2.45, 2.75) is 32.4 Å². The van der Waals surface area contributed by atoms with Crippen molar-refractivity contribution in [3.63, 3.8) is 0 Å². The van der Waals surface area contributed by atoms with Crippen molar-refractivity contribution in [2.24, 2.45) is 5.92 Å². The highest BCUT2D eigenvalue weighted by molar-refractivity contribution is 7.15. The Labute approximate surface area is 139 Å². The second-order valence-electron chi connectivity index (χ2n) is 6.07. The number of hydrogen-bond acceptors (Lipinski definition) is 3. The fraction of sp³-hybridized carbons (Fsp3) is 0.389. The van der Waals surface area contributed by atoms with Crippen LogP contribution in [0.25, 0.3) is 10.4 Å². The lowest BCUT2D eigenvalue weighted by atomic mass is 9.90. The van der Waals surface area contributed by atoms with Crippen molar-refractivity contribution in [3.05, 3.63) is 47.1 Å². The molecule has 1 fully saturated rings. The molecule has 3 rings (SSSR count). The van der Waals surface area contributed by atoms with E-state index < -0.39 is 5.97 Å². The highest BCUT2D eigenvalue weighted by atomic mass is 32.1. The standard InChI is InChI=1S/C18H20FNO2S/c1-12-16(18(21)22)3-2-10-20(12)11-15-8-9-17(23-15)13-4-6-14(19)7-5-13/h4-9,12,16H,2-3,10-11H2,1H3,(H,21,22)/t12-,16-/m1/s1. The maximum atomic E-state index is 13.0. The first-order chi connectivity index (χ1) is 11.0. The lowest BCUT2D eigenvalue weighted by Crippen LogP contribution is -2.45. The zero-order chi connectivity index (χ0) is 16.4. The van der Waals surface area contributed by atoms with Crippen LogP contribution in [-0.2, 0) is 11.3 Å². The van der Waals surface area contributed by atoms with Crippen LogP contribution in [0.2, 0.25) is 0 Å². The number of nitrogens with zero attached hydrogens (tertiary/aromatic N) is 1. The predicted molar refractivity (Wildman–Crippen MR) is 89.9 cm³/mol. The third kappa shape index (κ3) is 3.62. The molecular formula is C18H20FNO2S. The van der Waals surface area contributed by atoms with E-state index in [1.54, 1.807) is 23.5 Å². The molecule has 0 spiro atoms. The fourth-order valence-corrected chi connectivity index (χ4v) is 4.24. The van der Waals surface area contributed by atoms with Gasteiger partial charge in [0.05, 0.1) is 5.92 Å². The normalized spacial score (nSPS) is 22.2. The van der Waals surface area contributed by atoms with Gasteiger partial charge < -0.3 is 5.11 Å². The maximum Gasteiger partial charge on any atom is 0.308 e. The van der Waals surface area contributed by atoms with Crippen LogP contribution in [0, 0.1) is 11.7 Å². The molecular weight excluding hydrogens is 313 g/mol. The van der Waals surface area contributed by atoms with Crippen LogP contribution < -0.4 is 0 Å². The molecule has 23 heavy (non-hydrogen) atoms. The molecule has 1 aromatic heterocycles. The third-order valence-corrected chi connectivity index (χ3v) is 5.70. The Hall–Kier alpha value is -1.72. The molecule has 3 nitrogen and oxygen atoms in total. The molecule has 0 saturated carbocycles. The lowest BCUT2D eigenvalue weighted by molar-refractivity contribution is -0.145. The number of carbonyl (C=O) groups is 1. The van der Waals surface area contributed by atoms with Gasteiger partial charge in [0.1, 0.15) is 5.82 Å². The summed E-state index contributed by atoms with van der Waals surface area (Å²) in [4.78, 5) is 15.9. The number of thiophene rings is 1. The smallest absolute Gasteiger partial charge is 0.308 e. The van der Waals surface area contributed by atoms with Gasteiger partial charge in [-0.3, -0.25) is 9.69 Å². The van der Waals surface area contributed by atoms with E-state index in [1.165, 1.54) is 17.0 Å². The van der Waals surface area contributed by atoms with Gasteiger partial charge in [0.2, 0.25) is 0 Å². The van der Waals surface area contributed by atoms with Gasteiger partial charge in [0, 0.05) is 22.3 Å². The largest absolute Gasteiger partial charge is 0.481 e. The van der Waals surface area contributed by atoms with Gasteiger partial charge in [-0.2, -0.15) is 0 Å². The predicted octanol–water partition coefficient (Wildman–Crippen LogP) is 4.24. The summed E-state index contributed by atoms with van der Waals surface area (Å²) in [5.74, 6) is -1.20. The quantitative estimate of drug-likeness (QED) is 0.910. The molecule has 2 heterocycles. The van der Waals surface area contributed by atoms with Crippen LogP contribution in [0.3, 0.4) is 0 Å². The van der Waals surface area contributed by atoms with E-state index in [0.29, 0.717) is 0 Å². The summed E-state index contributed by atoms with van der Waals surface area (Å²) in [7, 11) is 0. The van der Waals surface area contributed by atoms with Crippen molar-refractivity contribution < 1.29 is 14.3 Å². The van der Waals surface area contributed by atoms with Gasteiger partial charge >= 0.3 is 5.97 Å². The summed E-state index contributed by atoms with van der Waals surface area (Å²) in [6.07, 6.45) is 1.69. The highest BCUT2D eigenvalue weighted by Crippen LogP contribution is 2.31. The molecule has 0 bridgehead atoms. The van der Waals surface area contributed by atoms with E-state index in [-0.39, 0.29) is 17.8 Å². The monoisotopic (exact) mass is 333 g/mol. The van der Waals surface area contributed by atoms with E-state index in [1.807, 2.05) is 6.92 Å². The van der Waals surface area contributed by atoms with Crippen molar-refractivity contribution in [1.29, 1.82) is 0 Å². The number of hydrogen-bond donors (Lipinski definition) is 1. The third-order valence-electron chi connectivity index (χ3n) is 4.59. The summed E-state index contributed by atoms with van der Waals surface area (Å²) >= 11 is 1.69. The van der Waals surface area contributed by atoms with Gasteiger partial charge in [-0.1, -0.05) is 12.1 Å². The van der Waals surface area contributed by atoms with Crippen LogP contribution in [0.4, 0.5) is 4.39 Å². The molecule has 2 aromatic rings. The highest BCUT2D eigenvalue weighted by Gasteiger charge is 2.32. The summed E-state index contributed by atoms with van der Waals surface area (Å²) in [6.45, 7) is 3.72. The van der Waals surface area contributed by atoms with Crippen LogP contribution >= 0.6 is 11.3 Å². The average Bonchev–Trinajstić information content (AvgIpc) is 2.98. The molecule has 1 aromatic carbocycles. The first-order valence-electron chi connectivity index (χ1n) is 7.86. The van der Waals surface area contributed by atoms with Gasteiger partial charge in [0.25, 0.3) is 0 Å². The lowest BCUT2D eigenvalue weighted by Gasteiger charge is -2.37. The zero-order valence-corrected chi connectivity index (χ0v) is 13.9. The second kappa shape index (κ2) is 6.81. The Morgan fingerprint density at radius 3 is 2.74 bits per heavy atom. The molecule has 1 N–H and O–H groups in total. The Balaban J connectivity index is 1.71. The summed E-state index contributed by atoms with van der Waals surface area (Å²) in [5, 5.41) is 9.31. The van der Waals surface area contributed by atoms with Crippen LogP contribution in [0.5, 0.6) is 0 Å². The van der Waals surface area contributed by atoms with E-state index in [4.69, 9.17) is 0 Å². The van der Waals surface area contributed by atoms with Crippen LogP contribution in [0.15, 0.2) is 36.4 Å². The molecule has 0 amide bonds. The molecule has 122 valence electrons. The average molecular weight is 333 g/mol. The summed E-state index contributed by atoms with van der Waals surface area (Å²) < 4.78 is 13.0. The van der Waals surface area contributed by atoms with E-state index in [2.05, 4.69) is 17.0 Å². The Kier molecular flexibility index (Phi) is 4.78. The summed E-state index contributed by atoms with van der Waals surface area (Å²) in [5.41, 5.74) is 1.01. The number of carboxylic acid groups (broad SMARTS) is 1. The van der Waals surface area contributed by atoms with E-state index >= 15 is 0 Å². The maximum absolute atomic E-state index is 13.0. The Bertz CT molecular complexity index is 683. The first kappa shape index (κ1) is 16.1. The molecule has 1 aliphatic rings. The number of piperidine rings is 1. The van der Waals surface area contributed by atoms with Gasteiger partial charge in [-0.05, 0) is 56.1 Å². The minimum Gasteiger partial charge on any atom is -0.481 e. The second-order valence-corrected chi connectivity index (χ2v) is 7.24.